The van der Waals surface area contributed by atoms with Gasteiger partial charge in [0.1, 0.15) is 5.82 Å². The van der Waals surface area contributed by atoms with E-state index in [-0.39, 0.29) is 11.6 Å². The van der Waals surface area contributed by atoms with Gasteiger partial charge in [-0.3, -0.25) is 4.79 Å². The average molecular weight is 351 g/mol. The molecule has 1 saturated carbocycles. The zero-order valence-corrected chi connectivity index (χ0v) is 15.1. The zero-order valence-electron chi connectivity index (χ0n) is 15.1. The normalized spacial score (nSPS) is 24.3. The Bertz CT molecular complexity index is 882. The molecule has 3 aliphatic carbocycles. The summed E-state index contributed by atoms with van der Waals surface area (Å²) in [6, 6.07) is 4.64. The summed E-state index contributed by atoms with van der Waals surface area (Å²) in [4.78, 5) is 12.4. The monoisotopic (exact) mass is 351 g/mol. The fourth-order valence-corrected chi connectivity index (χ4v) is 4.75. The molecule has 0 atom stereocenters. The Morgan fingerprint density at radius 1 is 0.885 bits per heavy atom. The second-order valence-electron chi connectivity index (χ2n) is 7.96. The lowest BCUT2D eigenvalue weighted by Crippen LogP contribution is -2.34. The van der Waals surface area contributed by atoms with Crippen molar-refractivity contribution in [3.8, 4) is 0 Å². The van der Waals surface area contributed by atoms with Crippen molar-refractivity contribution in [1.82, 2.24) is 20.0 Å². The number of aromatic nitrogens is 4. The smallest absolute Gasteiger partial charge is 0.267 e. The molecule has 1 fully saturated rings. The predicted octanol–water partition coefficient (Wildman–Crippen LogP) is 2.61. The van der Waals surface area contributed by atoms with Crippen LogP contribution in [0.5, 0.6) is 0 Å². The maximum atomic E-state index is 12.4. The molecular weight excluding hydrogens is 326 g/mol. The molecule has 0 aliphatic heterocycles. The number of hydrogen-bond donors (Lipinski definition) is 1. The van der Waals surface area contributed by atoms with Crippen LogP contribution in [0.25, 0.3) is 0 Å². The van der Waals surface area contributed by atoms with Gasteiger partial charge in [-0.2, -0.15) is 10.2 Å². The van der Waals surface area contributed by atoms with Crippen LogP contribution in [-0.4, -0.2) is 26.0 Å². The van der Waals surface area contributed by atoms with Crippen LogP contribution in [0.3, 0.4) is 0 Å². The van der Waals surface area contributed by atoms with E-state index in [1.54, 1.807) is 4.68 Å². The molecule has 136 valence electrons. The van der Waals surface area contributed by atoms with Gasteiger partial charge >= 0.3 is 0 Å². The summed E-state index contributed by atoms with van der Waals surface area (Å²) in [7, 11) is 0. The van der Waals surface area contributed by atoms with Crippen LogP contribution >= 0.6 is 0 Å². The number of nitrogens with one attached hydrogen (secondary N) is 1. The maximum Gasteiger partial charge on any atom is 0.267 e. The Kier molecular flexibility index (Phi) is 3.98. The van der Waals surface area contributed by atoms with Crippen LogP contribution in [0.2, 0.25) is 0 Å². The average Bonchev–Trinajstić information content (AvgIpc) is 3.30. The van der Waals surface area contributed by atoms with E-state index in [1.165, 1.54) is 17.7 Å². The fraction of sp³-hybridized carbons (Fsp3) is 0.600. The third kappa shape index (κ3) is 2.91. The molecule has 2 aromatic rings. The summed E-state index contributed by atoms with van der Waals surface area (Å²) in [6.07, 6.45) is 10.6. The molecule has 0 aromatic carbocycles. The molecule has 1 N–H and O–H groups in total. The third-order valence-corrected chi connectivity index (χ3v) is 6.20. The molecule has 2 aromatic heterocycles. The van der Waals surface area contributed by atoms with E-state index in [9.17, 15) is 4.79 Å². The topological polar surface area (TPSA) is 72.7 Å². The molecule has 3 aliphatic rings. The van der Waals surface area contributed by atoms with E-state index in [2.05, 4.69) is 26.7 Å². The summed E-state index contributed by atoms with van der Waals surface area (Å²) in [5, 5.41) is 17.0. The molecule has 0 spiro atoms. The van der Waals surface area contributed by atoms with Crippen LogP contribution in [0.15, 0.2) is 16.9 Å². The summed E-state index contributed by atoms with van der Waals surface area (Å²) < 4.78 is 1.76. The molecule has 0 saturated heterocycles. The highest BCUT2D eigenvalue weighted by Crippen LogP contribution is 2.30. The Morgan fingerprint density at radius 2 is 1.62 bits per heavy atom. The fourth-order valence-electron chi connectivity index (χ4n) is 4.75. The lowest BCUT2D eigenvalue weighted by atomic mass is 9.91. The molecule has 6 heteroatoms. The van der Waals surface area contributed by atoms with Gasteiger partial charge in [-0.05, 0) is 81.4 Å². The van der Waals surface area contributed by atoms with E-state index in [0.29, 0.717) is 6.04 Å². The lowest BCUT2D eigenvalue weighted by molar-refractivity contribution is 0.301. The Labute approximate surface area is 153 Å². The highest BCUT2D eigenvalue weighted by atomic mass is 16.1. The van der Waals surface area contributed by atoms with Crippen molar-refractivity contribution in [2.75, 3.05) is 5.32 Å². The second kappa shape index (κ2) is 6.49. The van der Waals surface area contributed by atoms with Crippen LogP contribution in [0.4, 0.5) is 5.82 Å². The van der Waals surface area contributed by atoms with Crippen molar-refractivity contribution in [1.29, 1.82) is 0 Å². The first-order valence-electron chi connectivity index (χ1n) is 10.00. The quantitative estimate of drug-likeness (QED) is 0.920. The van der Waals surface area contributed by atoms with Gasteiger partial charge in [0.2, 0.25) is 0 Å². The van der Waals surface area contributed by atoms with Crippen LogP contribution < -0.4 is 10.9 Å². The largest absolute Gasteiger partial charge is 0.366 e. The molecule has 5 rings (SSSR count). The number of fused-ring (bicyclic) bond motifs is 2. The molecule has 0 radical (unpaired) electrons. The molecular formula is C20H25N5O. The first kappa shape index (κ1) is 16.0. The van der Waals surface area contributed by atoms with Gasteiger partial charge in [-0.1, -0.05) is 0 Å². The number of aryl methyl sites for hydroxylation is 4. The van der Waals surface area contributed by atoms with Gasteiger partial charge < -0.3 is 5.32 Å². The van der Waals surface area contributed by atoms with Crippen molar-refractivity contribution < 1.29 is 0 Å². The second-order valence-corrected chi connectivity index (χ2v) is 7.96. The first-order valence-corrected chi connectivity index (χ1v) is 10.00. The lowest BCUT2D eigenvalue weighted by Gasteiger charge is -2.30. The molecule has 0 amide bonds. The summed E-state index contributed by atoms with van der Waals surface area (Å²) >= 11 is 0. The number of hydrogen-bond acceptors (Lipinski definition) is 5. The van der Waals surface area contributed by atoms with E-state index < -0.39 is 0 Å². The van der Waals surface area contributed by atoms with Crippen LogP contribution in [-0.2, 0) is 25.7 Å². The van der Waals surface area contributed by atoms with Gasteiger partial charge in [0.05, 0.1) is 17.4 Å². The number of anilines is 1. The molecule has 0 unspecified atom stereocenters. The Balaban J connectivity index is 1.25. The Morgan fingerprint density at radius 3 is 2.42 bits per heavy atom. The van der Waals surface area contributed by atoms with Crippen LogP contribution in [0.1, 0.15) is 67.1 Å². The van der Waals surface area contributed by atoms with Gasteiger partial charge in [-0.15, -0.1) is 5.10 Å². The van der Waals surface area contributed by atoms with Crippen molar-refractivity contribution in [2.24, 2.45) is 0 Å². The molecule has 2 heterocycles. The number of rotatable bonds is 3. The standard InChI is InChI=1S/C20H25N5O/c26-20-12-14-4-2-6-18(14)24-25(20)16-9-7-15(8-10-16)21-19-11-13-3-1-5-17(13)22-23-19/h11-12,15-16H,1-10H2,(H,21,23). The molecule has 6 nitrogen and oxygen atoms in total. The van der Waals surface area contributed by atoms with E-state index >= 15 is 0 Å². The summed E-state index contributed by atoms with van der Waals surface area (Å²) in [5.74, 6) is 0.905. The SMILES string of the molecule is O=c1cc2c(nn1C1CCC(Nc3cc4c(nn3)CCC4)CC1)CCC2. The minimum atomic E-state index is 0.0755. The number of nitrogens with zero attached hydrogens (tertiary/aromatic N) is 4. The van der Waals surface area contributed by atoms with E-state index in [0.717, 1.165) is 74.9 Å². The van der Waals surface area contributed by atoms with Gasteiger partial charge in [0, 0.05) is 12.1 Å². The van der Waals surface area contributed by atoms with Gasteiger partial charge in [0.15, 0.2) is 0 Å². The van der Waals surface area contributed by atoms with Crippen molar-refractivity contribution in [3.05, 3.63) is 45.0 Å². The highest BCUT2D eigenvalue weighted by Gasteiger charge is 2.26. The van der Waals surface area contributed by atoms with E-state index in [1.807, 2.05) is 6.07 Å². The summed E-state index contributed by atoms with van der Waals surface area (Å²) in [6.45, 7) is 0. The van der Waals surface area contributed by atoms with Gasteiger partial charge in [-0.25, -0.2) is 4.68 Å². The summed E-state index contributed by atoms with van der Waals surface area (Å²) in [5.41, 5.74) is 4.90. The Hall–Kier alpha value is -2.24. The first-order chi connectivity index (χ1) is 12.8. The van der Waals surface area contributed by atoms with Crippen molar-refractivity contribution in [3.63, 3.8) is 0 Å². The minimum absolute atomic E-state index is 0.0755. The van der Waals surface area contributed by atoms with Crippen molar-refractivity contribution in [2.45, 2.75) is 76.3 Å². The maximum absolute atomic E-state index is 12.4. The van der Waals surface area contributed by atoms with E-state index in [4.69, 9.17) is 0 Å². The van der Waals surface area contributed by atoms with Gasteiger partial charge in [0.25, 0.3) is 5.56 Å². The molecule has 26 heavy (non-hydrogen) atoms. The van der Waals surface area contributed by atoms with Crippen LogP contribution in [0, 0.1) is 0 Å². The zero-order chi connectivity index (χ0) is 17.5. The minimum Gasteiger partial charge on any atom is -0.366 e. The third-order valence-electron chi connectivity index (χ3n) is 6.20. The van der Waals surface area contributed by atoms with Crippen molar-refractivity contribution >= 4 is 5.82 Å². The predicted molar refractivity (Wildman–Crippen MR) is 99.5 cm³/mol. The highest BCUT2D eigenvalue weighted by molar-refractivity contribution is 5.40. The molecule has 0 bridgehead atoms.